The number of phenols is 1. The van der Waals surface area contributed by atoms with E-state index in [4.69, 9.17) is 13.6 Å². The largest absolute Gasteiger partial charge is 0.504 e. The van der Waals surface area contributed by atoms with Gasteiger partial charge >= 0.3 is 0 Å². The lowest BCUT2D eigenvalue weighted by Gasteiger charge is -2.04. The number of furan rings is 2. The van der Waals surface area contributed by atoms with Crippen molar-refractivity contribution in [2.75, 3.05) is 7.11 Å². The van der Waals surface area contributed by atoms with Gasteiger partial charge in [0.15, 0.2) is 29.0 Å². The first kappa shape index (κ1) is 16.6. The summed E-state index contributed by atoms with van der Waals surface area (Å²) in [7, 11) is 1.58. The summed E-state index contributed by atoms with van der Waals surface area (Å²) in [4.78, 5) is 10.9. The summed E-state index contributed by atoms with van der Waals surface area (Å²) in [5.74, 6) is 0.873. The lowest BCUT2D eigenvalue weighted by atomic mass is 10.1. The van der Waals surface area contributed by atoms with Gasteiger partial charge in [0.05, 0.1) is 19.6 Å². The van der Waals surface area contributed by atoms with Crippen LogP contribution < -0.4 is 4.74 Å². The zero-order valence-electron chi connectivity index (χ0n) is 14.2. The number of carbonyl (C=O) groups excluding carboxylic acids is 1. The van der Waals surface area contributed by atoms with Crippen molar-refractivity contribution in [3.63, 3.8) is 0 Å². The van der Waals surface area contributed by atoms with Crippen molar-refractivity contribution in [1.29, 1.82) is 0 Å². The fourth-order valence-corrected chi connectivity index (χ4v) is 2.78. The molecule has 0 atom stereocenters. The number of carbonyl (C=O) groups is 1. The molecule has 0 spiro atoms. The summed E-state index contributed by atoms with van der Waals surface area (Å²) in [5.41, 5.74) is 3.78. The van der Waals surface area contributed by atoms with Gasteiger partial charge < -0.3 is 18.7 Å². The molecule has 2 aromatic carbocycles. The number of hydrogen-bond acceptors (Lipinski definition) is 5. The van der Waals surface area contributed by atoms with E-state index >= 15 is 0 Å². The molecule has 0 saturated heterocycles. The minimum atomic E-state index is 0.213. The van der Waals surface area contributed by atoms with E-state index < -0.39 is 0 Å². The van der Waals surface area contributed by atoms with Crippen LogP contribution in [0.1, 0.15) is 21.5 Å². The lowest BCUT2D eigenvalue weighted by molar-refractivity contribution is 0.112. The molecule has 0 fully saturated rings. The molecule has 2 aromatic heterocycles. The Morgan fingerprint density at radius 1 is 1.04 bits per heavy atom. The number of benzene rings is 2. The maximum atomic E-state index is 10.9. The van der Waals surface area contributed by atoms with Crippen LogP contribution in [0.25, 0.3) is 21.9 Å². The predicted octanol–water partition coefficient (Wildman–Crippen LogP) is 5.01. The monoisotopic (exact) mass is 338 g/mol. The zero-order valence-corrected chi connectivity index (χ0v) is 14.2. The van der Waals surface area contributed by atoms with Crippen LogP contribution in [-0.4, -0.2) is 18.5 Å². The Kier molecular flexibility index (Phi) is 4.48. The van der Waals surface area contributed by atoms with Gasteiger partial charge in [-0.05, 0) is 55.3 Å². The van der Waals surface area contributed by atoms with Crippen LogP contribution in [0.15, 0.2) is 51.7 Å². The molecule has 25 heavy (non-hydrogen) atoms. The first-order valence-electron chi connectivity index (χ1n) is 7.72. The average Bonchev–Trinajstić information content (AvgIpc) is 3.23. The molecule has 0 amide bonds. The molecule has 5 nitrogen and oxygen atoms in total. The first-order valence-corrected chi connectivity index (χ1v) is 7.72. The zero-order chi connectivity index (χ0) is 18.0. The van der Waals surface area contributed by atoms with Crippen LogP contribution in [0, 0.1) is 13.8 Å². The second kappa shape index (κ2) is 6.73. The van der Waals surface area contributed by atoms with E-state index in [0.29, 0.717) is 22.5 Å². The Hall–Kier alpha value is -3.21. The second-order valence-electron chi connectivity index (χ2n) is 5.71. The first-order chi connectivity index (χ1) is 12.0. The molecule has 2 heterocycles. The Morgan fingerprint density at radius 3 is 2.48 bits per heavy atom. The molecular formula is C20H18O5. The highest BCUT2D eigenvalue weighted by Crippen LogP contribution is 2.31. The summed E-state index contributed by atoms with van der Waals surface area (Å²) in [6.45, 7) is 3.81. The number of aryl methyl sites for hydroxylation is 2. The van der Waals surface area contributed by atoms with E-state index in [0.717, 1.165) is 28.2 Å². The maximum Gasteiger partial charge on any atom is 0.176 e. The molecule has 5 heteroatoms. The van der Waals surface area contributed by atoms with Crippen molar-refractivity contribution in [2.45, 2.75) is 13.8 Å². The number of rotatable bonds is 2. The number of aromatic hydroxyl groups is 1. The van der Waals surface area contributed by atoms with Crippen molar-refractivity contribution in [2.24, 2.45) is 0 Å². The number of fused-ring (bicyclic) bond motifs is 2. The molecule has 0 aliphatic carbocycles. The summed E-state index contributed by atoms with van der Waals surface area (Å²) < 4.78 is 15.5. The van der Waals surface area contributed by atoms with Crippen LogP contribution in [-0.2, 0) is 0 Å². The van der Waals surface area contributed by atoms with Crippen LogP contribution >= 0.6 is 0 Å². The minimum absolute atomic E-state index is 0.213. The number of aldehydes is 1. The quantitative estimate of drug-likeness (QED) is 0.520. The van der Waals surface area contributed by atoms with Crippen molar-refractivity contribution in [3.05, 3.63) is 59.5 Å². The van der Waals surface area contributed by atoms with Crippen molar-refractivity contribution in [1.82, 2.24) is 0 Å². The molecule has 0 unspecified atom stereocenters. The topological polar surface area (TPSA) is 72.8 Å². The van der Waals surface area contributed by atoms with E-state index in [9.17, 15) is 9.90 Å². The summed E-state index contributed by atoms with van der Waals surface area (Å²) in [6.07, 6.45) is 3.97. The Morgan fingerprint density at radius 2 is 1.76 bits per heavy atom. The highest BCUT2D eigenvalue weighted by Gasteiger charge is 2.11. The van der Waals surface area contributed by atoms with Crippen LogP contribution in [0.3, 0.4) is 0 Å². The van der Waals surface area contributed by atoms with E-state index in [1.807, 2.05) is 26.0 Å². The fraction of sp³-hybridized carbons (Fsp3) is 0.150. The van der Waals surface area contributed by atoms with Gasteiger partial charge in [0, 0.05) is 16.3 Å². The smallest absolute Gasteiger partial charge is 0.176 e. The van der Waals surface area contributed by atoms with E-state index in [1.165, 1.54) is 0 Å². The molecule has 0 aliphatic heterocycles. The minimum Gasteiger partial charge on any atom is -0.504 e. The average molecular weight is 338 g/mol. The predicted molar refractivity (Wildman–Crippen MR) is 95.5 cm³/mol. The van der Waals surface area contributed by atoms with Gasteiger partial charge in [-0.25, -0.2) is 0 Å². The van der Waals surface area contributed by atoms with Crippen molar-refractivity contribution < 1.29 is 23.5 Å². The van der Waals surface area contributed by atoms with Crippen molar-refractivity contribution in [3.8, 4) is 11.5 Å². The molecule has 0 saturated carbocycles. The van der Waals surface area contributed by atoms with E-state index in [2.05, 4.69) is 0 Å². The SMILES string of the molecule is COc1cc(C)c(C=O)c2ccoc12.Cc1cc(O)c2occc2c1. The molecule has 4 rings (SSSR count). The molecule has 0 bridgehead atoms. The maximum absolute atomic E-state index is 10.9. The standard InChI is InChI=1S/C11H10O3.C9H8O2/c1-7-5-10(13-2)11-8(3-4-14-11)9(7)6-12;1-6-4-7-2-3-11-9(7)8(10)5-6/h3-6H,1-2H3;2-5,10H,1H3. The van der Waals surface area contributed by atoms with Crippen molar-refractivity contribution >= 4 is 28.2 Å². The molecule has 0 radical (unpaired) electrons. The van der Waals surface area contributed by atoms with Gasteiger partial charge in [-0.1, -0.05) is 0 Å². The van der Waals surface area contributed by atoms with E-state index in [-0.39, 0.29) is 5.75 Å². The number of ether oxygens (including phenoxy) is 1. The Labute approximate surface area is 144 Å². The summed E-state index contributed by atoms with van der Waals surface area (Å²) >= 11 is 0. The molecule has 128 valence electrons. The number of methoxy groups -OCH3 is 1. The molecule has 1 N–H and O–H groups in total. The third kappa shape index (κ3) is 3.08. The Balaban J connectivity index is 0.000000150. The van der Waals surface area contributed by atoms with Gasteiger partial charge in [-0.15, -0.1) is 0 Å². The highest BCUT2D eigenvalue weighted by atomic mass is 16.5. The number of hydrogen-bond donors (Lipinski definition) is 1. The third-order valence-electron chi connectivity index (χ3n) is 3.97. The molecular weight excluding hydrogens is 320 g/mol. The van der Waals surface area contributed by atoms with Crippen LogP contribution in [0.2, 0.25) is 0 Å². The van der Waals surface area contributed by atoms with Gasteiger partial charge in [0.25, 0.3) is 0 Å². The van der Waals surface area contributed by atoms with Gasteiger partial charge in [0.1, 0.15) is 0 Å². The normalized spacial score (nSPS) is 10.5. The van der Waals surface area contributed by atoms with Gasteiger partial charge in [-0.2, -0.15) is 0 Å². The van der Waals surface area contributed by atoms with Gasteiger partial charge in [0.2, 0.25) is 0 Å². The lowest BCUT2D eigenvalue weighted by Crippen LogP contribution is -1.91. The summed E-state index contributed by atoms with van der Waals surface area (Å²) in [5, 5.41) is 11.1. The highest BCUT2D eigenvalue weighted by molar-refractivity contribution is 5.99. The Bertz CT molecular complexity index is 1040. The fourth-order valence-electron chi connectivity index (χ4n) is 2.78. The molecule has 0 aliphatic rings. The number of phenolic OH excluding ortho intramolecular Hbond substituents is 1. The van der Waals surface area contributed by atoms with E-state index in [1.54, 1.807) is 37.8 Å². The van der Waals surface area contributed by atoms with Gasteiger partial charge in [-0.3, -0.25) is 4.79 Å². The molecule has 4 aromatic rings. The second-order valence-corrected chi connectivity index (χ2v) is 5.71. The van der Waals surface area contributed by atoms with Crippen LogP contribution in [0.4, 0.5) is 0 Å². The summed E-state index contributed by atoms with van der Waals surface area (Å²) in [6, 6.07) is 9.07. The van der Waals surface area contributed by atoms with Crippen LogP contribution in [0.5, 0.6) is 11.5 Å². The third-order valence-corrected chi connectivity index (χ3v) is 3.97.